The number of rotatable bonds is 4. The molecule has 0 fully saturated rings. The van der Waals surface area contributed by atoms with Crippen molar-refractivity contribution in [1.29, 1.82) is 0 Å². The minimum absolute atomic E-state index is 0.204. The monoisotopic (exact) mass is 287 g/mol. The van der Waals surface area contributed by atoms with Crippen LogP contribution < -0.4 is 5.32 Å². The Labute approximate surface area is 122 Å². The Bertz CT molecular complexity index is 655. The van der Waals surface area contributed by atoms with Crippen LogP contribution in [0.15, 0.2) is 34.7 Å². The zero-order chi connectivity index (χ0) is 15.4. The lowest BCUT2D eigenvalue weighted by atomic mass is 10.1. The number of furan rings is 1. The summed E-state index contributed by atoms with van der Waals surface area (Å²) >= 11 is 0. The molecular formula is C16H17NO4. The Hall–Kier alpha value is -2.56. The highest BCUT2D eigenvalue weighted by molar-refractivity contribution is 5.96. The molecule has 110 valence electrons. The van der Waals surface area contributed by atoms with Gasteiger partial charge in [0.2, 0.25) is 0 Å². The van der Waals surface area contributed by atoms with Crippen molar-refractivity contribution in [3.05, 3.63) is 58.5 Å². The molecule has 5 nitrogen and oxygen atoms in total. The third-order valence-electron chi connectivity index (χ3n) is 3.15. The Morgan fingerprint density at radius 3 is 2.29 bits per heavy atom. The van der Waals surface area contributed by atoms with Crippen molar-refractivity contribution in [2.45, 2.75) is 20.4 Å². The van der Waals surface area contributed by atoms with Gasteiger partial charge >= 0.3 is 5.97 Å². The molecule has 0 saturated heterocycles. The topological polar surface area (TPSA) is 68.5 Å². The lowest BCUT2D eigenvalue weighted by Crippen LogP contribution is -2.22. The molecule has 1 amide bonds. The largest absolute Gasteiger partial charge is 0.466 e. The summed E-state index contributed by atoms with van der Waals surface area (Å²) in [6, 6.07) is 8.21. The highest BCUT2D eigenvalue weighted by Gasteiger charge is 2.10. The molecule has 0 spiro atoms. The van der Waals surface area contributed by atoms with Crippen LogP contribution in [0.3, 0.4) is 0 Å². The molecule has 0 bridgehead atoms. The number of carbonyl (C=O) groups excluding carboxylic acids is 2. The van der Waals surface area contributed by atoms with Gasteiger partial charge in [0.05, 0.1) is 12.7 Å². The predicted molar refractivity (Wildman–Crippen MR) is 77.1 cm³/mol. The Morgan fingerprint density at radius 1 is 1.14 bits per heavy atom. The Kier molecular flexibility index (Phi) is 4.42. The average Bonchev–Trinajstić information content (AvgIpc) is 2.82. The predicted octanol–water partition coefficient (Wildman–Crippen LogP) is 2.61. The van der Waals surface area contributed by atoms with Crippen LogP contribution >= 0.6 is 0 Å². The molecule has 1 aromatic heterocycles. The summed E-state index contributed by atoms with van der Waals surface area (Å²) in [4.78, 5) is 23.3. The van der Waals surface area contributed by atoms with E-state index in [0.29, 0.717) is 17.7 Å². The molecule has 0 radical (unpaired) electrons. The van der Waals surface area contributed by atoms with Crippen LogP contribution in [0.2, 0.25) is 0 Å². The van der Waals surface area contributed by atoms with E-state index in [4.69, 9.17) is 4.42 Å². The van der Waals surface area contributed by atoms with E-state index in [0.717, 1.165) is 17.1 Å². The summed E-state index contributed by atoms with van der Waals surface area (Å²) < 4.78 is 10.0. The van der Waals surface area contributed by atoms with Gasteiger partial charge in [-0.25, -0.2) is 4.79 Å². The first kappa shape index (κ1) is 14.8. The maximum atomic E-state index is 12.0. The van der Waals surface area contributed by atoms with Crippen LogP contribution in [0.4, 0.5) is 0 Å². The van der Waals surface area contributed by atoms with E-state index < -0.39 is 5.97 Å². The number of nitrogens with one attached hydrogen (secondary N) is 1. The molecule has 1 heterocycles. The van der Waals surface area contributed by atoms with Crippen LogP contribution in [0.25, 0.3) is 0 Å². The first-order valence-electron chi connectivity index (χ1n) is 6.53. The van der Waals surface area contributed by atoms with Crippen LogP contribution in [0, 0.1) is 13.8 Å². The fraction of sp³-hybridized carbons (Fsp3) is 0.250. The third-order valence-corrected chi connectivity index (χ3v) is 3.15. The summed E-state index contributed by atoms with van der Waals surface area (Å²) in [5, 5.41) is 2.82. The molecule has 0 aliphatic carbocycles. The van der Waals surface area contributed by atoms with Crippen LogP contribution in [0.1, 0.15) is 37.8 Å². The smallest absolute Gasteiger partial charge is 0.337 e. The molecule has 21 heavy (non-hydrogen) atoms. The highest BCUT2D eigenvalue weighted by Crippen LogP contribution is 2.13. The van der Waals surface area contributed by atoms with Gasteiger partial charge in [-0.15, -0.1) is 0 Å². The van der Waals surface area contributed by atoms with Crippen molar-refractivity contribution in [3.8, 4) is 0 Å². The minimum Gasteiger partial charge on any atom is -0.466 e. The van der Waals surface area contributed by atoms with E-state index >= 15 is 0 Å². The number of benzene rings is 1. The Balaban J connectivity index is 2.00. The Morgan fingerprint density at radius 2 is 1.76 bits per heavy atom. The van der Waals surface area contributed by atoms with Gasteiger partial charge in [-0.2, -0.15) is 0 Å². The second-order valence-electron chi connectivity index (χ2n) is 4.69. The van der Waals surface area contributed by atoms with Crippen molar-refractivity contribution in [3.63, 3.8) is 0 Å². The molecule has 5 heteroatoms. The van der Waals surface area contributed by atoms with Crippen molar-refractivity contribution >= 4 is 11.9 Å². The second kappa shape index (κ2) is 6.26. The molecule has 0 atom stereocenters. The molecule has 0 saturated carbocycles. The van der Waals surface area contributed by atoms with Crippen LogP contribution in [0.5, 0.6) is 0 Å². The highest BCUT2D eigenvalue weighted by atomic mass is 16.5. The number of ether oxygens (including phenoxy) is 1. The fourth-order valence-corrected chi connectivity index (χ4v) is 2.01. The molecule has 0 unspecified atom stereocenters. The summed E-state index contributed by atoms with van der Waals surface area (Å²) in [6.45, 7) is 4.13. The number of amides is 1. The van der Waals surface area contributed by atoms with Crippen molar-refractivity contribution in [2.75, 3.05) is 7.11 Å². The van der Waals surface area contributed by atoms with Gasteiger partial charge in [-0.1, -0.05) is 0 Å². The van der Waals surface area contributed by atoms with Gasteiger partial charge in [0.15, 0.2) is 0 Å². The number of esters is 1. The first-order chi connectivity index (χ1) is 10.0. The standard InChI is InChI=1S/C16H17NO4/c1-10-8-14(11(2)21-10)9-17-15(18)12-4-6-13(7-5-12)16(19)20-3/h4-8H,9H2,1-3H3,(H,17,18). The second-order valence-corrected chi connectivity index (χ2v) is 4.69. The molecule has 1 aromatic carbocycles. The van der Waals surface area contributed by atoms with Crippen molar-refractivity contribution in [1.82, 2.24) is 5.32 Å². The zero-order valence-electron chi connectivity index (χ0n) is 12.2. The number of methoxy groups -OCH3 is 1. The lowest BCUT2D eigenvalue weighted by Gasteiger charge is -2.05. The third kappa shape index (κ3) is 3.51. The molecule has 0 aliphatic rings. The molecule has 2 rings (SSSR count). The number of hydrogen-bond acceptors (Lipinski definition) is 4. The summed E-state index contributed by atoms with van der Waals surface area (Å²) in [7, 11) is 1.32. The normalized spacial score (nSPS) is 10.2. The molecule has 2 aromatic rings. The zero-order valence-corrected chi connectivity index (χ0v) is 12.2. The maximum absolute atomic E-state index is 12.0. The quantitative estimate of drug-likeness (QED) is 0.878. The van der Waals surface area contributed by atoms with Gasteiger partial charge < -0.3 is 14.5 Å². The summed E-state index contributed by atoms with van der Waals surface area (Å²) in [6.07, 6.45) is 0. The van der Waals surface area contributed by atoms with E-state index in [2.05, 4.69) is 10.1 Å². The summed E-state index contributed by atoms with van der Waals surface area (Å²) in [5.74, 6) is 0.990. The van der Waals surface area contributed by atoms with Gasteiger partial charge in [0, 0.05) is 17.7 Å². The number of hydrogen-bond donors (Lipinski definition) is 1. The van der Waals surface area contributed by atoms with Crippen LogP contribution in [-0.2, 0) is 11.3 Å². The minimum atomic E-state index is -0.425. The molecule has 0 aliphatic heterocycles. The van der Waals surface area contributed by atoms with E-state index in [1.165, 1.54) is 7.11 Å². The SMILES string of the molecule is COC(=O)c1ccc(C(=O)NCc2cc(C)oc2C)cc1. The summed E-state index contributed by atoms with van der Waals surface area (Å²) in [5.41, 5.74) is 1.85. The van der Waals surface area contributed by atoms with E-state index in [9.17, 15) is 9.59 Å². The lowest BCUT2D eigenvalue weighted by molar-refractivity contribution is 0.0600. The van der Waals surface area contributed by atoms with E-state index in [1.807, 2.05) is 19.9 Å². The van der Waals surface area contributed by atoms with Gasteiger partial charge in [-0.3, -0.25) is 4.79 Å². The first-order valence-corrected chi connectivity index (χ1v) is 6.53. The molecule has 1 N–H and O–H groups in total. The van der Waals surface area contributed by atoms with Crippen molar-refractivity contribution < 1.29 is 18.7 Å². The van der Waals surface area contributed by atoms with Crippen molar-refractivity contribution in [2.24, 2.45) is 0 Å². The van der Waals surface area contributed by atoms with E-state index in [1.54, 1.807) is 24.3 Å². The maximum Gasteiger partial charge on any atom is 0.337 e. The van der Waals surface area contributed by atoms with Gasteiger partial charge in [0.25, 0.3) is 5.91 Å². The number of carbonyl (C=O) groups is 2. The van der Waals surface area contributed by atoms with Gasteiger partial charge in [0.1, 0.15) is 11.5 Å². The average molecular weight is 287 g/mol. The number of aryl methyl sites for hydroxylation is 2. The fourth-order valence-electron chi connectivity index (χ4n) is 2.01. The molecular weight excluding hydrogens is 270 g/mol. The van der Waals surface area contributed by atoms with E-state index in [-0.39, 0.29) is 5.91 Å². The van der Waals surface area contributed by atoms with Crippen LogP contribution in [-0.4, -0.2) is 19.0 Å². The van der Waals surface area contributed by atoms with Gasteiger partial charge in [-0.05, 0) is 44.2 Å².